The van der Waals surface area contributed by atoms with Crippen LogP contribution in [0.15, 0.2) is 46.9 Å². The van der Waals surface area contributed by atoms with Gasteiger partial charge in [-0.05, 0) is 67.7 Å². The van der Waals surface area contributed by atoms with Gasteiger partial charge in [0, 0.05) is 18.5 Å². The predicted octanol–water partition coefficient (Wildman–Crippen LogP) is 4.06. The van der Waals surface area contributed by atoms with Gasteiger partial charge < -0.3 is 9.15 Å². The van der Waals surface area contributed by atoms with Crippen molar-refractivity contribution in [2.24, 2.45) is 5.92 Å². The average Bonchev–Trinajstić information content (AvgIpc) is 3.48. The predicted molar refractivity (Wildman–Crippen MR) is 123 cm³/mol. The van der Waals surface area contributed by atoms with Crippen LogP contribution in [0.2, 0.25) is 0 Å². The number of carbonyl (C=O) groups is 1. The molecule has 2 N–H and O–H groups in total. The highest BCUT2D eigenvalue weighted by atomic mass is 16.5. The molecule has 1 aromatic heterocycles. The van der Waals surface area contributed by atoms with E-state index in [9.17, 15) is 4.79 Å². The monoisotopic (exact) mass is 434 g/mol. The Kier molecular flexibility index (Phi) is 6.10. The minimum atomic E-state index is 0.0404. The number of carbonyl (C=O) groups excluding carboxylic acids is 1. The fraction of sp³-hybridized carbons (Fsp3) is 0.440. The molecule has 2 atom stereocenters. The SMILES string of the molecule is CCC1CC(=O)NNC1c1ccc2nc(-c3cccc(OCCN4CCCC4)c3)oc2c1. The van der Waals surface area contributed by atoms with Gasteiger partial charge in [-0.25, -0.2) is 10.4 Å². The first kappa shape index (κ1) is 21.0. The number of ether oxygens (including phenoxy) is 1. The Morgan fingerprint density at radius 2 is 2.06 bits per heavy atom. The molecule has 2 fully saturated rings. The smallest absolute Gasteiger partial charge is 0.234 e. The zero-order valence-corrected chi connectivity index (χ0v) is 18.5. The van der Waals surface area contributed by atoms with Crippen LogP contribution in [0.4, 0.5) is 0 Å². The maximum Gasteiger partial charge on any atom is 0.234 e. The van der Waals surface area contributed by atoms with E-state index in [2.05, 4.69) is 33.7 Å². The third-order valence-electron chi connectivity index (χ3n) is 6.54. The molecule has 2 aliphatic rings. The molecule has 2 saturated heterocycles. The number of hydrazine groups is 1. The number of fused-ring (bicyclic) bond motifs is 1. The van der Waals surface area contributed by atoms with Crippen molar-refractivity contribution in [1.82, 2.24) is 20.7 Å². The summed E-state index contributed by atoms with van der Waals surface area (Å²) < 4.78 is 12.1. The van der Waals surface area contributed by atoms with E-state index in [1.54, 1.807) is 0 Å². The second-order valence-electron chi connectivity index (χ2n) is 8.71. The number of benzene rings is 2. The number of aromatic nitrogens is 1. The van der Waals surface area contributed by atoms with Crippen LogP contribution >= 0.6 is 0 Å². The van der Waals surface area contributed by atoms with E-state index in [0.717, 1.165) is 40.9 Å². The van der Waals surface area contributed by atoms with E-state index in [-0.39, 0.29) is 17.9 Å². The Morgan fingerprint density at radius 1 is 1.19 bits per heavy atom. The lowest BCUT2D eigenvalue weighted by atomic mass is 9.87. The summed E-state index contributed by atoms with van der Waals surface area (Å²) in [5.41, 5.74) is 9.46. The molecule has 3 aromatic rings. The summed E-state index contributed by atoms with van der Waals surface area (Å²) in [6.07, 6.45) is 4.03. The zero-order valence-electron chi connectivity index (χ0n) is 18.5. The first-order valence-corrected chi connectivity index (χ1v) is 11.6. The maximum atomic E-state index is 11.7. The van der Waals surface area contributed by atoms with Crippen LogP contribution in [0.3, 0.4) is 0 Å². The van der Waals surface area contributed by atoms with Gasteiger partial charge in [-0.15, -0.1) is 0 Å². The molecule has 3 heterocycles. The molecule has 2 aliphatic heterocycles. The highest BCUT2D eigenvalue weighted by Gasteiger charge is 2.29. The first-order chi connectivity index (χ1) is 15.7. The van der Waals surface area contributed by atoms with Crippen LogP contribution in [-0.4, -0.2) is 42.0 Å². The van der Waals surface area contributed by atoms with Crippen molar-refractivity contribution < 1.29 is 13.9 Å². The van der Waals surface area contributed by atoms with Gasteiger partial charge in [0.2, 0.25) is 11.8 Å². The molecule has 1 amide bonds. The number of rotatable bonds is 7. The lowest BCUT2D eigenvalue weighted by Crippen LogP contribution is -2.48. The molecule has 0 spiro atoms. The lowest BCUT2D eigenvalue weighted by Gasteiger charge is -2.32. The minimum absolute atomic E-state index is 0.0404. The zero-order chi connectivity index (χ0) is 21.9. The largest absolute Gasteiger partial charge is 0.492 e. The Labute approximate surface area is 188 Å². The second kappa shape index (κ2) is 9.30. The maximum absolute atomic E-state index is 11.7. The molecule has 7 nitrogen and oxygen atoms in total. The third kappa shape index (κ3) is 4.49. The van der Waals surface area contributed by atoms with Gasteiger partial charge >= 0.3 is 0 Å². The topological polar surface area (TPSA) is 79.6 Å². The number of oxazole rings is 1. The highest BCUT2D eigenvalue weighted by molar-refractivity contribution is 5.78. The van der Waals surface area contributed by atoms with Gasteiger partial charge in [0.25, 0.3) is 0 Å². The number of nitrogens with one attached hydrogen (secondary N) is 2. The number of amides is 1. The van der Waals surface area contributed by atoms with Gasteiger partial charge in [-0.3, -0.25) is 15.1 Å². The van der Waals surface area contributed by atoms with Crippen molar-refractivity contribution in [2.45, 2.75) is 38.6 Å². The minimum Gasteiger partial charge on any atom is -0.492 e. The van der Waals surface area contributed by atoms with Crippen molar-refractivity contribution >= 4 is 17.0 Å². The van der Waals surface area contributed by atoms with Crippen molar-refractivity contribution in [3.63, 3.8) is 0 Å². The van der Waals surface area contributed by atoms with Crippen LogP contribution in [0, 0.1) is 5.92 Å². The Hall–Kier alpha value is -2.90. The molecule has 0 bridgehead atoms. The summed E-state index contributed by atoms with van der Waals surface area (Å²) in [5.74, 6) is 1.70. The number of nitrogens with zero attached hydrogens (tertiary/aromatic N) is 2. The Balaban J connectivity index is 1.32. The van der Waals surface area contributed by atoms with Gasteiger partial charge in [0.15, 0.2) is 5.58 Å². The van der Waals surface area contributed by atoms with E-state index in [1.807, 2.05) is 36.4 Å². The second-order valence-corrected chi connectivity index (χ2v) is 8.71. The fourth-order valence-corrected chi connectivity index (χ4v) is 4.69. The van der Waals surface area contributed by atoms with Crippen LogP contribution in [0.25, 0.3) is 22.6 Å². The summed E-state index contributed by atoms with van der Waals surface area (Å²) in [4.78, 5) is 18.9. The Bertz CT molecular complexity index is 1090. The fourth-order valence-electron chi connectivity index (χ4n) is 4.69. The van der Waals surface area contributed by atoms with Gasteiger partial charge in [-0.1, -0.05) is 25.5 Å². The van der Waals surface area contributed by atoms with Crippen LogP contribution in [0.1, 0.15) is 44.2 Å². The van der Waals surface area contributed by atoms with Gasteiger partial charge in [0.05, 0.1) is 6.04 Å². The number of likely N-dealkylation sites (tertiary alicyclic amines) is 1. The van der Waals surface area contributed by atoms with Gasteiger partial charge in [-0.2, -0.15) is 0 Å². The molecule has 0 saturated carbocycles. The summed E-state index contributed by atoms with van der Waals surface area (Å²) in [6, 6.07) is 14.1. The average molecular weight is 435 g/mol. The summed E-state index contributed by atoms with van der Waals surface area (Å²) in [6.45, 7) is 6.11. The standard InChI is InChI=1S/C25H30N4O3/c1-2-17-16-23(30)27-28-24(17)18-8-9-21-22(15-18)32-25(26-21)19-6-5-7-20(14-19)31-13-12-29-10-3-4-11-29/h5-9,14-15,17,24,28H,2-4,10-13,16H2,1H3,(H,27,30). The molecule has 2 unspecified atom stereocenters. The molecule has 7 heteroatoms. The quantitative estimate of drug-likeness (QED) is 0.584. The van der Waals surface area contributed by atoms with E-state index < -0.39 is 0 Å². The molecule has 32 heavy (non-hydrogen) atoms. The summed E-state index contributed by atoms with van der Waals surface area (Å²) >= 11 is 0. The molecular weight excluding hydrogens is 404 g/mol. The van der Waals surface area contributed by atoms with Crippen molar-refractivity contribution in [3.8, 4) is 17.2 Å². The van der Waals surface area contributed by atoms with E-state index >= 15 is 0 Å². The lowest BCUT2D eigenvalue weighted by molar-refractivity contribution is -0.126. The molecule has 2 aromatic carbocycles. The van der Waals surface area contributed by atoms with E-state index in [1.165, 1.54) is 25.9 Å². The molecule has 0 radical (unpaired) electrons. The summed E-state index contributed by atoms with van der Waals surface area (Å²) in [7, 11) is 0. The number of hydrogen-bond donors (Lipinski definition) is 2. The molecular formula is C25H30N4O3. The van der Waals surface area contributed by atoms with E-state index in [4.69, 9.17) is 9.15 Å². The van der Waals surface area contributed by atoms with Crippen LogP contribution < -0.4 is 15.6 Å². The normalized spacial score (nSPS) is 21.7. The van der Waals surface area contributed by atoms with Gasteiger partial charge in [0.1, 0.15) is 17.9 Å². The van der Waals surface area contributed by atoms with E-state index in [0.29, 0.717) is 18.9 Å². The summed E-state index contributed by atoms with van der Waals surface area (Å²) in [5, 5.41) is 0. The molecule has 168 valence electrons. The highest BCUT2D eigenvalue weighted by Crippen LogP contribution is 2.33. The van der Waals surface area contributed by atoms with Crippen molar-refractivity contribution in [3.05, 3.63) is 48.0 Å². The molecule has 0 aliphatic carbocycles. The molecule has 5 rings (SSSR count). The van der Waals surface area contributed by atoms with Crippen molar-refractivity contribution in [1.29, 1.82) is 0 Å². The first-order valence-electron chi connectivity index (χ1n) is 11.6. The van der Waals surface area contributed by atoms with Crippen molar-refractivity contribution in [2.75, 3.05) is 26.2 Å². The third-order valence-corrected chi connectivity index (χ3v) is 6.54. The Morgan fingerprint density at radius 3 is 2.91 bits per heavy atom. The number of hydrogen-bond acceptors (Lipinski definition) is 6. The van der Waals surface area contributed by atoms with Crippen LogP contribution in [0.5, 0.6) is 5.75 Å². The van der Waals surface area contributed by atoms with Crippen LogP contribution in [-0.2, 0) is 4.79 Å².